The van der Waals surface area contributed by atoms with Gasteiger partial charge in [-0.2, -0.15) is 5.26 Å². The lowest BCUT2D eigenvalue weighted by molar-refractivity contribution is -0.120. The Balaban J connectivity index is 2.00. The molecule has 0 spiro atoms. The van der Waals surface area contributed by atoms with Gasteiger partial charge in [-0.25, -0.2) is 4.98 Å². The lowest BCUT2D eigenvalue weighted by Crippen LogP contribution is -2.33. The summed E-state index contributed by atoms with van der Waals surface area (Å²) in [7, 11) is 3.20. The van der Waals surface area contributed by atoms with Crippen molar-refractivity contribution in [2.24, 2.45) is 0 Å². The highest BCUT2D eigenvalue weighted by Gasteiger charge is 2.21. The summed E-state index contributed by atoms with van der Waals surface area (Å²) in [5, 5.41) is 12.7. The molecule has 1 unspecified atom stereocenters. The second-order valence-corrected chi connectivity index (χ2v) is 7.81. The third kappa shape index (κ3) is 5.88. The maximum Gasteiger partial charge on any atom is 0.233 e. The van der Waals surface area contributed by atoms with Crippen molar-refractivity contribution in [1.29, 1.82) is 5.26 Å². The summed E-state index contributed by atoms with van der Waals surface area (Å²) < 4.78 is 10.6. The van der Waals surface area contributed by atoms with Gasteiger partial charge < -0.3 is 14.8 Å². The zero-order valence-electron chi connectivity index (χ0n) is 17.5. The summed E-state index contributed by atoms with van der Waals surface area (Å²) in [6, 6.07) is 9.81. The van der Waals surface area contributed by atoms with Crippen LogP contribution in [0.4, 0.5) is 0 Å². The van der Waals surface area contributed by atoms with Crippen LogP contribution in [0.1, 0.15) is 35.7 Å². The van der Waals surface area contributed by atoms with E-state index in [9.17, 15) is 10.1 Å². The van der Waals surface area contributed by atoms with Gasteiger partial charge in [0.05, 0.1) is 25.0 Å². The van der Waals surface area contributed by atoms with Gasteiger partial charge >= 0.3 is 0 Å². The first-order valence-electron chi connectivity index (χ1n) is 9.47. The number of methoxy groups -OCH3 is 2. The Hall–Kier alpha value is -2.72. The number of benzene rings is 1. The number of carbonyl (C=O) groups is 1. The van der Waals surface area contributed by atoms with Crippen molar-refractivity contribution in [1.82, 2.24) is 10.3 Å². The number of aryl methyl sites for hydroxylation is 2. The van der Waals surface area contributed by atoms with Crippen LogP contribution < -0.4 is 14.8 Å². The minimum absolute atomic E-state index is 0.0529. The van der Waals surface area contributed by atoms with E-state index in [0.29, 0.717) is 41.5 Å². The molecule has 0 saturated heterocycles. The predicted octanol–water partition coefficient (Wildman–Crippen LogP) is 3.82. The fourth-order valence-electron chi connectivity index (χ4n) is 2.96. The summed E-state index contributed by atoms with van der Waals surface area (Å²) in [4.78, 5) is 17.1. The van der Waals surface area contributed by atoms with E-state index in [0.717, 1.165) is 16.8 Å². The topological polar surface area (TPSA) is 84.2 Å². The molecular formula is C22H27N3O3S. The van der Waals surface area contributed by atoms with Crippen molar-refractivity contribution in [3.63, 3.8) is 0 Å². The summed E-state index contributed by atoms with van der Waals surface area (Å²) in [5.41, 5.74) is 3.31. The van der Waals surface area contributed by atoms with E-state index in [1.807, 2.05) is 45.0 Å². The van der Waals surface area contributed by atoms with Crippen molar-refractivity contribution < 1.29 is 14.3 Å². The summed E-state index contributed by atoms with van der Waals surface area (Å²) >= 11 is 1.35. The molecule has 0 saturated carbocycles. The first-order valence-corrected chi connectivity index (χ1v) is 10.3. The average Bonchev–Trinajstić information content (AvgIpc) is 2.71. The molecule has 154 valence electrons. The molecule has 2 aromatic rings. The number of thioether (sulfide) groups is 1. The molecule has 1 atom stereocenters. The van der Waals surface area contributed by atoms with Crippen LogP contribution in [0.3, 0.4) is 0 Å². The number of rotatable bonds is 9. The number of nitrogens with zero attached hydrogens (tertiary/aromatic N) is 2. The van der Waals surface area contributed by atoms with Gasteiger partial charge in [0.15, 0.2) is 11.5 Å². The third-order valence-corrected chi connectivity index (χ3v) is 5.85. The van der Waals surface area contributed by atoms with Gasteiger partial charge in [0.2, 0.25) is 5.91 Å². The molecule has 7 heteroatoms. The molecule has 1 amide bonds. The summed E-state index contributed by atoms with van der Waals surface area (Å²) in [6.45, 7) is 6.25. The van der Waals surface area contributed by atoms with Gasteiger partial charge in [-0.05, 0) is 56.0 Å². The van der Waals surface area contributed by atoms with Gasteiger partial charge in [0, 0.05) is 12.2 Å². The monoisotopic (exact) mass is 413 g/mol. The molecule has 0 aliphatic carbocycles. The van der Waals surface area contributed by atoms with Crippen molar-refractivity contribution >= 4 is 17.7 Å². The number of nitriles is 1. The largest absolute Gasteiger partial charge is 0.493 e. The van der Waals surface area contributed by atoms with Gasteiger partial charge in [0.25, 0.3) is 0 Å². The molecule has 0 aliphatic rings. The highest BCUT2D eigenvalue weighted by molar-refractivity contribution is 8.00. The highest BCUT2D eigenvalue weighted by atomic mass is 32.2. The average molecular weight is 414 g/mol. The normalized spacial score (nSPS) is 11.4. The van der Waals surface area contributed by atoms with Gasteiger partial charge in [-0.1, -0.05) is 24.8 Å². The van der Waals surface area contributed by atoms with E-state index < -0.39 is 0 Å². The minimum Gasteiger partial charge on any atom is -0.493 e. The standard InChI is InChI=1S/C22H27N3O3S/c1-6-20(29-22-17(13-23)14(2)11-15(3)25-22)21(26)24-10-9-16-7-8-18(27-4)19(12-16)28-5/h7-8,11-12,20H,6,9-10H2,1-5H3,(H,24,26). The van der Waals surface area contributed by atoms with Gasteiger partial charge in [-0.15, -0.1) is 0 Å². The third-order valence-electron chi connectivity index (χ3n) is 4.50. The summed E-state index contributed by atoms with van der Waals surface area (Å²) in [5.74, 6) is 1.29. The lowest BCUT2D eigenvalue weighted by Gasteiger charge is -2.16. The van der Waals surface area contributed by atoms with E-state index in [2.05, 4.69) is 16.4 Å². The second kappa shape index (κ2) is 10.7. The Labute approximate surface area is 176 Å². The number of hydrogen-bond acceptors (Lipinski definition) is 6. The van der Waals surface area contributed by atoms with E-state index in [1.54, 1.807) is 14.2 Å². The van der Waals surface area contributed by atoms with E-state index in [4.69, 9.17) is 9.47 Å². The number of aromatic nitrogens is 1. The fraction of sp³-hybridized carbons (Fsp3) is 0.409. The molecule has 0 radical (unpaired) electrons. The predicted molar refractivity (Wildman–Crippen MR) is 115 cm³/mol. The first-order chi connectivity index (χ1) is 13.9. The number of pyridine rings is 1. The highest BCUT2D eigenvalue weighted by Crippen LogP contribution is 2.29. The molecule has 1 N–H and O–H groups in total. The molecule has 2 rings (SSSR count). The van der Waals surface area contributed by atoms with Crippen molar-refractivity contribution in [3.05, 3.63) is 46.6 Å². The van der Waals surface area contributed by atoms with Crippen LogP contribution in [0, 0.1) is 25.2 Å². The Kier molecular flexibility index (Phi) is 8.34. The van der Waals surface area contributed by atoms with E-state index in [1.165, 1.54) is 11.8 Å². The molecule has 6 nitrogen and oxygen atoms in total. The number of nitrogens with one attached hydrogen (secondary N) is 1. The molecule has 1 aromatic carbocycles. The summed E-state index contributed by atoms with van der Waals surface area (Å²) in [6.07, 6.45) is 1.32. The van der Waals surface area contributed by atoms with Crippen LogP contribution in [-0.4, -0.2) is 36.9 Å². The maximum atomic E-state index is 12.7. The van der Waals surface area contributed by atoms with Crippen LogP contribution in [0.5, 0.6) is 11.5 Å². The van der Waals surface area contributed by atoms with Crippen molar-refractivity contribution in [2.45, 2.75) is 43.9 Å². The smallest absolute Gasteiger partial charge is 0.233 e. The van der Waals surface area contributed by atoms with Crippen LogP contribution >= 0.6 is 11.8 Å². The van der Waals surface area contributed by atoms with E-state index >= 15 is 0 Å². The Morgan fingerprint density at radius 2 is 1.97 bits per heavy atom. The Morgan fingerprint density at radius 3 is 2.59 bits per heavy atom. The first kappa shape index (κ1) is 22.6. The molecule has 0 aliphatic heterocycles. The van der Waals surface area contributed by atoms with Gasteiger partial charge in [-0.3, -0.25) is 4.79 Å². The molecule has 1 heterocycles. The van der Waals surface area contributed by atoms with Crippen LogP contribution in [0.25, 0.3) is 0 Å². The quantitative estimate of drug-likeness (QED) is 0.629. The molecule has 0 bridgehead atoms. The number of hydrogen-bond donors (Lipinski definition) is 1. The van der Waals surface area contributed by atoms with Crippen LogP contribution in [0.2, 0.25) is 0 Å². The Morgan fingerprint density at radius 1 is 1.24 bits per heavy atom. The van der Waals surface area contributed by atoms with Crippen molar-refractivity contribution in [2.75, 3.05) is 20.8 Å². The zero-order valence-corrected chi connectivity index (χ0v) is 18.4. The number of carbonyl (C=O) groups excluding carboxylic acids is 1. The second-order valence-electron chi connectivity index (χ2n) is 6.62. The fourth-order valence-corrected chi connectivity index (χ4v) is 4.11. The number of ether oxygens (including phenoxy) is 2. The zero-order chi connectivity index (χ0) is 21.4. The maximum absolute atomic E-state index is 12.7. The van der Waals surface area contributed by atoms with Crippen LogP contribution in [0.15, 0.2) is 29.3 Å². The lowest BCUT2D eigenvalue weighted by atomic mass is 10.1. The molecular weight excluding hydrogens is 386 g/mol. The van der Waals surface area contributed by atoms with Gasteiger partial charge in [0.1, 0.15) is 11.1 Å². The number of amides is 1. The Bertz CT molecular complexity index is 909. The minimum atomic E-state index is -0.304. The SMILES string of the molecule is CCC(Sc1nc(C)cc(C)c1C#N)C(=O)NCCc1ccc(OC)c(OC)c1. The van der Waals surface area contributed by atoms with Crippen LogP contribution in [-0.2, 0) is 11.2 Å². The molecule has 29 heavy (non-hydrogen) atoms. The molecule has 0 fully saturated rings. The van der Waals surface area contributed by atoms with E-state index in [-0.39, 0.29) is 11.2 Å². The molecule has 1 aromatic heterocycles. The van der Waals surface area contributed by atoms with Crippen molar-refractivity contribution in [3.8, 4) is 17.6 Å².